The number of hydrogen-bond acceptors (Lipinski definition) is 2. The predicted octanol–water partition coefficient (Wildman–Crippen LogP) is 2.68. The number of ether oxygens (including phenoxy) is 1. The molecule has 1 aliphatic rings. The van der Waals surface area contributed by atoms with E-state index >= 15 is 0 Å². The first-order valence-corrected chi connectivity index (χ1v) is 4.93. The number of nitrogens with one attached hydrogen (secondary N) is 1. The highest BCUT2D eigenvalue weighted by atomic mass is 35.5. The summed E-state index contributed by atoms with van der Waals surface area (Å²) in [5, 5.41) is 3.69. The van der Waals surface area contributed by atoms with Gasteiger partial charge in [-0.05, 0) is 24.6 Å². The number of benzene rings is 1. The van der Waals surface area contributed by atoms with Gasteiger partial charge in [0.25, 0.3) is 0 Å². The summed E-state index contributed by atoms with van der Waals surface area (Å²) in [7, 11) is 0. The Bertz CT molecular complexity index is 326. The summed E-state index contributed by atoms with van der Waals surface area (Å²) in [6, 6.07) is 4.54. The molecule has 1 aromatic carbocycles. The lowest BCUT2D eigenvalue weighted by Gasteiger charge is -2.13. The van der Waals surface area contributed by atoms with Crippen LogP contribution in [0.3, 0.4) is 0 Å². The molecule has 0 aliphatic carbocycles. The summed E-state index contributed by atoms with van der Waals surface area (Å²) in [6.07, 6.45) is 0.937. The van der Waals surface area contributed by atoms with Crippen molar-refractivity contribution in [3.8, 4) is 0 Å². The Morgan fingerprint density at radius 2 is 2.36 bits per heavy atom. The zero-order valence-corrected chi connectivity index (χ0v) is 8.35. The Kier molecular flexibility index (Phi) is 2.89. The molecular formula is C10H11ClFNO. The van der Waals surface area contributed by atoms with E-state index in [2.05, 4.69) is 5.32 Å². The maximum Gasteiger partial charge on any atom is 0.125 e. The summed E-state index contributed by atoms with van der Waals surface area (Å²) < 4.78 is 18.1. The van der Waals surface area contributed by atoms with Gasteiger partial charge in [0.15, 0.2) is 0 Å². The molecule has 4 heteroatoms. The number of hydrogen-bond donors (Lipinski definition) is 1. The lowest BCUT2D eigenvalue weighted by molar-refractivity contribution is 0.195. The fourth-order valence-electron chi connectivity index (χ4n) is 1.48. The fourth-order valence-corrected chi connectivity index (χ4v) is 1.65. The monoisotopic (exact) mass is 215 g/mol. The van der Waals surface area contributed by atoms with Crippen LogP contribution in [0, 0.1) is 5.82 Å². The largest absolute Gasteiger partial charge is 0.379 e. The Labute approximate surface area is 87.0 Å². The van der Waals surface area contributed by atoms with Crippen LogP contribution in [0.15, 0.2) is 18.2 Å². The topological polar surface area (TPSA) is 21.3 Å². The first kappa shape index (κ1) is 9.74. The number of halogens is 2. The molecule has 1 N–H and O–H groups in total. The van der Waals surface area contributed by atoms with E-state index in [-0.39, 0.29) is 11.9 Å². The van der Waals surface area contributed by atoms with Crippen LogP contribution in [0.5, 0.6) is 0 Å². The van der Waals surface area contributed by atoms with Gasteiger partial charge in [-0.1, -0.05) is 11.6 Å². The van der Waals surface area contributed by atoms with Crippen molar-refractivity contribution in [1.29, 1.82) is 0 Å². The Morgan fingerprint density at radius 1 is 1.50 bits per heavy atom. The van der Waals surface area contributed by atoms with Gasteiger partial charge in [0, 0.05) is 6.61 Å². The van der Waals surface area contributed by atoms with Crippen LogP contribution in [-0.4, -0.2) is 19.3 Å². The third-order valence-electron chi connectivity index (χ3n) is 2.22. The van der Waals surface area contributed by atoms with Gasteiger partial charge in [-0.15, -0.1) is 0 Å². The maximum atomic E-state index is 12.9. The zero-order valence-electron chi connectivity index (χ0n) is 7.59. The molecule has 0 aromatic heterocycles. The van der Waals surface area contributed by atoms with E-state index in [4.69, 9.17) is 16.3 Å². The number of anilines is 1. The minimum Gasteiger partial charge on any atom is -0.379 e. The third-order valence-corrected chi connectivity index (χ3v) is 2.55. The molecule has 1 aromatic rings. The van der Waals surface area contributed by atoms with E-state index in [1.807, 2.05) is 0 Å². The van der Waals surface area contributed by atoms with Crippen molar-refractivity contribution in [1.82, 2.24) is 0 Å². The van der Waals surface area contributed by atoms with Crippen LogP contribution < -0.4 is 5.32 Å². The molecule has 0 radical (unpaired) electrons. The fraction of sp³-hybridized carbons (Fsp3) is 0.400. The Balaban J connectivity index is 2.10. The van der Waals surface area contributed by atoms with Gasteiger partial charge in [0.2, 0.25) is 0 Å². The summed E-state index contributed by atoms with van der Waals surface area (Å²) in [6.45, 7) is 1.41. The molecule has 1 aliphatic heterocycles. The molecule has 0 saturated carbocycles. The van der Waals surface area contributed by atoms with E-state index in [9.17, 15) is 4.39 Å². The first-order valence-electron chi connectivity index (χ1n) is 4.55. The van der Waals surface area contributed by atoms with Gasteiger partial charge >= 0.3 is 0 Å². The SMILES string of the molecule is Fc1ccc(Cl)c(NC2CCOC2)c1. The first-order chi connectivity index (χ1) is 6.75. The van der Waals surface area contributed by atoms with E-state index in [0.29, 0.717) is 17.3 Å². The van der Waals surface area contributed by atoms with Crippen LogP contribution in [0.25, 0.3) is 0 Å². The second-order valence-electron chi connectivity index (χ2n) is 3.33. The minimum atomic E-state index is -0.282. The second kappa shape index (κ2) is 4.15. The standard InChI is InChI=1S/C10H11ClFNO/c11-9-2-1-7(12)5-10(9)13-8-3-4-14-6-8/h1-2,5,8,13H,3-4,6H2. The summed E-state index contributed by atoms with van der Waals surface area (Å²) in [5.74, 6) is -0.282. The molecule has 2 rings (SSSR count). The molecule has 1 atom stereocenters. The van der Waals surface area contributed by atoms with E-state index in [0.717, 1.165) is 13.0 Å². The van der Waals surface area contributed by atoms with Crippen molar-refractivity contribution < 1.29 is 9.13 Å². The molecule has 1 fully saturated rings. The van der Waals surface area contributed by atoms with Gasteiger partial charge in [0.05, 0.1) is 23.4 Å². The molecule has 14 heavy (non-hydrogen) atoms. The highest BCUT2D eigenvalue weighted by Gasteiger charge is 2.16. The van der Waals surface area contributed by atoms with Crippen molar-refractivity contribution in [3.05, 3.63) is 29.0 Å². The molecule has 0 spiro atoms. The van der Waals surface area contributed by atoms with Crippen LogP contribution in [0.2, 0.25) is 5.02 Å². The third kappa shape index (κ3) is 2.16. The van der Waals surface area contributed by atoms with E-state index < -0.39 is 0 Å². The predicted molar refractivity (Wildman–Crippen MR) is 54.3 cm³/mol. The summed E-state index contributed by atoms with van der Waals surface area (Å²) in [4.78, 5) is 0. The van der Waals surface area contributed by atoms with Crippen molar-refractivity contribution >= 4 is 17.3 Å². The Hall–Kier alpha value is -0.800. The molecule has 76 valence electrons. The average molecular weight is 216 g/mol. The quantitative estimate of drug-likeness (QED) is 0.819. The molecule has 1 unspecified atom stereocenters. The normalized spacial score (nSPS) is 21.1. The lowest BCUT2D eigenvalue weighted by atomic mass is 10.2. The zero-order chi connectivity index (χ0) is 9.97. The van der Waals surface area contributed by atoms with Crippen molar-refractivity contribution in [2.75, 3.05) is 18.5 Å². The molecule has 0 bridgehead atoms. The van der Waals surface area contributed by atoms with Crippen LogP contribution >= 0.6 is 11.6 Å². The highest BCUT2D eigenvalue weighted by Crippen LogP contribution is 2.24. The molecule has 2 nitrogen and oxygen atoms in total. The van der Waals surface area contributed by atoms with Crippen molar-refractivity contribution in [2.24, 2.45) is 0 Å². The van der Waals surface area contributed by atoms with Crippen LogP contribution in [0.1, 0.15) is 6.42 Å². The smallest absolute Gasteiger partial charge is 0.125 e. The highest BCUT2D eigenvalue weighted by molar-refractivity contribution is 6.33. The van der Waals surface area contributed by atoms with Crippen molar-refractivity contribution in [2.45, 2.75) is 12.5 Å². The Morgan fingerprint density at radius 3 is 3.07 bits per heavy atom. The summed E-state index contributed by atoms with van der Waals surface area (Å²) in [5.41, 5.74) is 0.641. The molecule has 0 amide bonds. The van der Waals surface area contributed by atoms with Gasteiger partial charge < -0.3 is 10.1 Å². The van der Waals surface area contributed by atoms with E-state index in [1.165, 1.54) is 12.1 Å². The number of rotatable bonds is 2. The maximum absolute atomic E-state index is 12.9. The van der Waals surface area contributed by atoms with Gasteiger partial charge in [0.1, 0.15) is 5.82 Å². The van der Waals surface area contributed by atoms with Crippen LogP contribution in [-0.2, 0) is 4.74 Å². The van der Waals surface area contributed by atoms with Gasteiger partial charge in [-0.25, -0.2) is 4.39 Å². The minimum absolute atomic E-state index is 0.245. The average Bonchev–Trinajstić information content (AvgIpc) is 2.64. The second-order valence-corrected chi connectivity index (χ2v) is 3.74. The molecule has 1 saturated heterocycles. The van der Waals surface area contributed by atoms with Crippen molar-refractivity contribution in [3.63, 3.8) is 0 Å². The van der Waals surface area contributed by atoms with E-state index in [1.54, 1.807) is 6.07 Å². The van der Waals surface area contributed by atoms with Gasteiger partial charge in [-0.2, -0.15) is 0 Å². The lowest BCUT2D eigenvalue weighted by Crippen LogP contribution is -2.19. The van der Waals surface area contributed by atoms with Crippen LogP contribution in [0.4, 0.5) is 10.1 Å². The van der Waals surface area contributed by atoms with Gasteiger partial charge in [-0.3, -0.25) is 0 Å². The molecular weight excluding hydrogens is 205 g/mol. The molecule has 1 heterocycles. The summed E-state index contributed by atoms with van der Waals surface area (Å²) >= 11 is 5.90.